The molecule has 2 amide bonds. The highest BCUT2D eigenvalue weighted by Crippen LogP contribution is 2.29. The van der Waals surface area contributed by atoms with Gasteiger partial charge in [-0.2, -0.15) is 43.2 Å². The minimum atomic E-state index is -6.90. The van der Waals surface area contributed by atoms with E-state index in [-0.39, 0.29) is 0 Å². The lowest BCUT2D eigenvalue weighted by atomic mass is 10.5. The smallest absolute Gasteiger partial charge is 0.264 e. The molecule has 0 fully saturated rings. The van der Waals surface area contributed by atoms with Crippen molar-refractivity contribution in [3.63, 3.8) is 0 Å². The number of nitro groups is 2. The molecule has 0 aromatic rings. The van der Waals surface area contributed by atoms with E-state index in [1.807, 2.05) is 0 Å². The number of sulfonamides is 2. The fourth-order valence-electron chi connectivity index (χ4n) is 1.47. The van der Waals surface area contributed by atoms with Crippen LogP contribution in [-0.2, 0) is 29.6 Å². The molecule has 0 aliphatic rings. The minimum absolute atomic E-state index is 1.46. The predicted molar refractivity (Wildman–Crippen MR) is 77.1 cm³/mol. The molecule has 0 saturated carbocycles. The average molecular weight is 498 g/mol. The third-order valence-corrected chi connectivity index (χ3v) is 5.80. The van der Waals surface area contributed by atoms with Crippen molar-refractivity contribution in [1.82, 2.24) is 8.61 Å². The van der Waals surface area contributed by atoms with E-state index in [2.05, 4.69) is 0 Å². The number of amides is 2. The van der Waals surface area contributed by atoms with Gasteiger partial charge in [0.05, 0.1) is 0 Å². The summed E-state index contributed by atoms with van der Waals surface area (Å²) in [5, 5.41) is 20.5. The maximum absolute atomic E-state index is 12.6. The van der Waals surface area contributed by atoms with E-state index in [1.54, 1.807) is 0 Å². The van der Waals surface area contributed by atoms with Gasteiger partial charge in [-0.05, 0) is 0 Å². The van der Waals surface area contributed by atoms with Crippen molar-refractivity contribution in [2.75, 3.05) is 26.2 Å². The molecule has 0 N–H and O–H groups in total. The van der Waals surface area contributed by atoms with Crippen molar-refractivity contribution in [1.29, 1.82) is 0 Å². The Morgan fingerprint density at radius 2 is 0.933 bits per heavy atom. The number of nitrogens with zero attached hydrogens (tertiary/aromatic N) is 4. The lowest BCUT2D eigenvalue weighted by Gasteiger charge is -2.25. The maximum atomic E-state index is 12.6. The Morgan fingerprint density at radius 3 is 1.10 bits per heavy atom. The van der Waals surface area contributed by atoms with E-state index in [0.717, 1.165) is 0 Å². The van der Waals surface area contributed by atoms with E-state index >= 15 is 0 Å². The molecule has 22 heteroatoms. The van der Waals surface area contributed by atoms with Gasteiger partial charge in [0.25, 0.3) is 0 Å². The van der Waals surface area contributed by atoms with Crippen LogP contribution in [0.1, 0.15) is 0 Å². The minimum Gasteiger partial charge on any atom is -0.264 e. The van der Waals surface area contributed by atoms with Crippen LogP contribution in [0.2, 0.25) is 0 Å². The van der Waals surface area contributed by atoms with E-state index in [0.29, 0.717) is 0 Å². The van der Waals surface area contributed by atoms with Gasteiger partial charge in [-0.15, -0.1) is 0 Å². The van der Waals surface area contributed by atoms with Gasteiger partial charge in [0.2, 0.25) is 13.1 Å². The fourth-order valence-corrected chi connectivity index (χ4v) is 3.21. The summed E-state index contributed by atoms with van der Waals surface area (Å²) in [7, 11) is -13.8. The first-order chi connectivity index (χ1) is 13.2. The van der Waals surface area contributed by atoms with Crippen LogP contribution in [0.3, 0.4) is 0 Å². The summed E-state index contributed by atoms with van der Waals surface area (Å²) in [6, 6.07) is 0. The number of carbonyl (C=O) groups excluding carboxylic acids is 2. The second kappa shape index (κ2) is 8.93. The number of hydrogen-bond donors (Lipinski definition) is 0. The molecular formula is C8H8F6N4O10S2. The van der Waals surface area contributed by atoms with Crippen LogP contribution in [0.5, 0.6) is 0 Å². The summed E-state index contributed by atoms with van der Waals surface area (Å²) < 4.78 is 118. The van der Waals surface area contributed by atoms with Crippen LogP contribution >= 0.6 is 0 Å². The van der Waals surface area contributed by atoms with E-state index in [1.165, 1.54) is 0 Å². The third kappa shape index (κ3) is 6.11. The highest BCUT2D eigenvalue weighted by molar-refractivity contribution is 7.91. The van der Waals surface area contributed by atoms with Gasteiger partial charge in [-0.3, -0.25) is 29.8 Å². The molecule has 0 aromatic carbocycles. The first kappa shape index (κ1) is 27.2. The molecule has 0 aliphatic carbocycles. The fraction of sp³-hybridized carbons (Fsp3) is 0.750. The Hall–Kier alpha value is -2.78. The summed E-state index contributed by atoms with van der Waals surface area (Å²) in [4.78, 5) is 41.3. The van der Waals surface area contributed by atoms with Crippen LogP contribution < -0.4 is 0 Å². The molecule has 0 unspecified atom stereocenters. The van der Waals surface area contributed by atoms with Crippen LogP contribution in [0.4, 0.5) is 26.3 Å². The summed E-state index contributed by atoms with van der Waals surface area (Å²) >= 11 is 0. The lowest BCUT2D eigenvalue weighted by Crippen LogP contribution is -2.55. The zero-order valence-corrected chi connectivity index (χ0v) is 15.4. The van der Waals surface area contributed by atoms with Crippen LogP contribution in [-0.4, -0.2) is 84.3 Å². The third-order valence-electron chi connectivity index (χ3n) is 2.77. The SMILES string of the molecule is O=C(C(=O)N(CC[N+](=O)[O-])S(=O)(=O)C(F)(F)F)N(CC[N+](=O)[O-])S(=O)(=O)C(F)(F)F. The predicted octanol–water partition coefficient (Wildman–Crippen LogP) is -1.10. The Kier molecular flexibility index (Phi) is 8.10. The van der Waals surface area contributed by atoms with Crippen molar-refractivity contribution in [2.45, 2.75) is 11.0 Å². The zero-order chi connectivity index (χ0) is 24.3. The molecule has 0 spiro atoms. The molecular weight excluding hydrogens is 490 g/mol. The van der Waals surface area contributed by atoms with Crippen LogP contribution in [0.15, 0.2) is 0 Å². The number of carbonyl (C=O) groups is 2. The second-order valence-corrected chi connectivity index (χ2v) is 8.48. The standard InChI is InChI=1S/C8H8F6N4O10S2/c9-7(10,11)29(25,26)15(1-3-17(21)22)5(19)6(20)16(2-4-18(23)24)30(27,28)8(12,13)14/h1-4H2. The normalized spacial score (nSPS) is 12.9. The monoisotopic (exact) mass is 498 g/mol. The Morgan fingerprint density at radius 1 is 0.700 bits per heavy atom. The van der Waals surface area contributed by atoms with Crippen molar-refractivity contribution in [3.05, 3.63) is 20.2 Å². The van der Waals surface area contributed by atoms with Gasteiger partial charge >= 0.3 is 42.9 Å². The Labute approximate surface area is 161 Å². The van der Waals surface area contributed by atoms with E-state index in [4.69, 9.17) is 0 Å². The van der Waals surface area contributed by atoms with E-state index < -0.39 is 87.5 Å². The summed E-state index contributed by atoms with van der Waals surface area (Å²) in [5.74, 6) is -6.16. The number of alkyl halides is 6. The second-order valence-electron chi connectivity index (χ2n) is 4.77. The first-order valence-corrected chi connectivity index (χ1v) is 9.55. The van der Waals surface area contributed by atoms with Crippen molar-refractivity contribution in [3.8, 4) is 0 Å². The number of halogens is 6. The van der Waals surface area contributed by atoms with Gasteiger partial charge in [0.15, 0.2) is 0 Å². The Bertz CT molecular complexity index is 851. The first-order valence-electron chi connectivity index (χ1n) is 6.67. The summed E-state index contributed by atoms with van der Waals surface area (Å²) in [5.41, 5.74) is -12.8. The van der Waals surface area contributed by atoms with Crippen molar-refractivity contribution in [2.24, 2.45) is 0 Å². The van der Waals surface area contributed by atoms with Gasteiger partial charge in [0, 0.05) is 9.85 Å². The lowest BCUT2D eigenvalue weighted by molar-refractivity contribution is -0.479. The van der Waals surface area contributed by atoms with Gasteiger partial charge in [0.1, 0.15) is 13.1 Å². The topological polar surface area (TPSA) is 195 Å². The molecule has 0 heterocycles. The molecule has 174 valence electrons. The van der Waals surface area contributed by atoms with Crippen LogP contribution in [0, 0.1) is 20.2 Å². The molecule has 0 atom stereocenters. The average Bonchev–Trinajstić information content (AvgIpc) is 2.51. The highest BCUT2D eigenvalue weighted by atomic mass is 32.2. The van der Waals surface area contributed by atoms with Crippen LogP contribution in [0.25, 0.3) is 0 Å². The quantitative estimate of drug-likeness (QED) is 0.171. The molecule has 0 radical (unpaired) electrons. The Balaban J connectivity index is 6.40. The molecule has 0 saturated heterocycles. The molecule has 0 aliphatic heterocycles. The molecule has 30 heavy (non-hydrogen) atoms. The van der Waals surface area contributed by atoms with Gasteiger partial charge in [-0.1, -0.05) is 0 Å². The summed E-state index contributed by atoms with van der Waals surface area (Å²) in [6.45, 7) is -7.55. The highest BCUT2D eigenvalue weighted by Gasteiger charge is 2.57. The van der Waals surface area contributed by atoms with Crippen molar-refractivity contribution >= 4 is 31.9 Å². The van der Waals surface area contributed by atoms with Gasteiger partial charge in [-0.25, -0.2) is 8.61 Å². The van der Waals surface area contributed by atoms with Crippen molar-refractivity contribution < 1.29 is 62.6 Å². The molecule has 14 nitrogen and oxygen atoms in total. The molecule has 0 bridgehead atoms. The number of hydrogen-bond acceptors (Lipinski definition) is 10. The largest absolute Gasteiger partial charge is 0.516 e. The van der Waals surface area contributed by atoms with Gasteiger partial charge < -0.3 is 0 Å². The molecule has 0 aromatic heterocycles. The van der Waals surface area contributed by atoms with E-state index in [9.17, 15) is 73.0 Å². The maximum Gasteiger partial charge on any atom is 0.516 e. The number of rotatable bonds is 8. The summed E-state index contributed by atoms with van der Waals surface area (Å²) in [6.07, 6.45) is 0. The zero-order valence-electron chi connectivity index (χ0n) is 13.8. The molecule has 0 rings (SSSR count).